The number of aliphatic carboxylic acids is 3. The summed E-state index contributed by atoms with van der Waals surface area (Å²) in [6.07, 6.45) is -5.12. The summed E-state index contributed by atoms with van der Waals surface area (Å²) >= 11 is 0. The van der Waals surface area contributed by atoms with Gasteiger partial charge < -0.3 is 21.1 Å². The summed E-state index contributed by atoms with van der Waals surface area (Å²) in [6.45, 7) is 1.42. The standard InChI is InChI=1S/C6H11NO4.C2HF3O2/c1-3(5(8)9)2-4(7)6(10)11;3-2(4,5)1(6)7/h3-4H,2,7H2,1H3,(H,8,9)(H,10,11);(H,6,7)/t3-,4+;/m0./s1. The number of halogens is 3. The van der Waals surface area contributed by atoms with Gasteiger partial charge in [0.15, 0.2) is 0 Å². The molecule has 0 rings (SSSR count). The molecule has 18 heavy (non-hydrogen) atoms. The highest BCUT2D eigenvalue weighted by molar-refractivity contribution is 5.75. The molecule has 0 aliphatic heterocycles. The van der Waals surface area contributed by atoms with Gasteiger partial charge in [0, 0.05) is 0 Å². The van der Waals surface area contributed by atoms with Crippen LogP contribution < -0.4 is 5.73 Å². The van der Waals surface area contributed by atoms with E-state index in [2.05, 4.69) is 0 Å². The number of nitrogens with two attached hydrogens (primary N) is 1. The van der Waals surface area contributed by atoms with Crippen LogP contribution in [0.2, 0.25) is 0 Å². The molecule has 0 unspecified atom stereocenters. The molecule has 0 heterocycles. The molecular weight excluding hydrogens is 263 g/mol. The molecule has 0 spiro atoms. The van der Waals surface area contributed by atoms with Crippen molar-refractivity contribution in [3.8, 4) is 0 Å². The minimum absolute atomic E-state index is 0.0370. The number of carboxylic acids is 3. The minimum atomic E-state index is -5.08. The Bertz CT molecular complexity index is 298. The molecule has 0 radical (unpaired) electrons. The van der Waals surface area contributed by atoms with Crippen LogP contribution in [-0.4, -0.2) is 45.4 Å². The second kappa shape index (κ2) is 7.48. The predicted molar refractivity (Wildman–Crippen MR) is 50.7 cm³/mol. The summed E-state index contributed by atoms with van der Waals surface area (Å²) in [5, 5.41) is 23.8. The zero-order valence-corrected chi connectivity index (χ0v) is 9.14. The molecule has 0 aliphatic rings. The van der Waals surface area contributed by atoms with Gasteiger partial charge in [0.05, 0.1) is 5.92 Å². The van der Waals surface area contributed by atoms with Crippen LogP contribution in [0.3, 0.4) is 0 Å². The monoisotopic (exact) mass is 275 g/mol. The molecule has 0 saturated carbocycles. The van der Waals surface area contributed by atoms with E-state index in [0.29, 0.717) is 0 Å². The number of carbonyl (C=O) groups is 3. The normalized spacial score (nSPS) is 13.8. The van der Waals surface area contributed by atoms with Gasteiger partial charge in [0.1, 0.15) is 6.04 Å². The van der Waals surface area contributed by atoms with Crippen molar-refractivity contribution in [2.75, 3.05) is 0 Å². The molecule has 5 N–H and O–H groups in total. The highest BCUT2D eigenvalue weighted by atomic mass is 19.4. The SMILES string of the molecule is C[C@@H](C[C@@H](N)C(=O)O)C(=O)O.O=C(O)C(F)(F)F. The molecule has 2 atom stereocenters. The summed E-state index contributed by atoms with van der Waals surface area (Å²) in [4.78, 5) is 29.2. The van der Waals surface area contributed by atoms with Gasteiger partial charge in [-0.15, -0.1) is 0 Å². The maximum Gasteiger partial charge on any atom is 0.490 e. The maximum absolute atomic E-state index is 10.6. The van der Waals surface area contributed by atoms with Gasteiger partial charge in [0.25, 0.3) is 0 Å². The zero-order valence-electron chi connectivity index (χ0n) is 9.14. The van der Waals surface area contributed by atoms with Gasteiger partial charge >= 0.3 is 24.1 Å². The van der Waals surface area contributed by atoms with Gasteiger partial charge in [-0.2, -0.15) is 13.2 Å². The van der Waals surface area contributed by atoms with Crippen LogP contribution in [0.25, 0.3) is 0 Å². The van der Waals surface area contributed by atoms with E-state index in [-0.39, 0.29) is 6.42 Å². The summed E-state index contributed by atoms with van der Waals surface area (Å²) in [5.74, 6) is -5.66. The molecule has 0 aromatic carbocycles. The van der Waals surface area contributed by atoms with E-state index >= 15 is 0 Å². The van der Waals surface area contributed by atoms with Crippen molar-refractivity contribution in [3.63, 3.8) is 0 Å². The topological polar surface area (TPSA) is 138 Å². The highest BCUT2D eigenvalue weighted by Crippen LogP contribution is 2.13. The number of alkyl halides is 3. The second-order valence-electron chi connectivity index (χ2n) is 3.22. The summed E-state index contributed by atoms with van der Waals surface area (Å²) in [6, 6.07) is -1.08. The van der Waals surface area contributed by atoms with E-state index < -0.39 is 36.0 Å². The molecule has 0 aromatic rings. The molecule has 0 amide bonds. The largest absolute Gasteiger partial charge is 0.490 e. The Hall–Kier alpha value is -1.84. The van der Waals surface area contributed by atoms with Crippen molar-refractivity contribution in [1.29, 1.82) is 0 Å². The fraction of sp³-hybridized carbons (Fsp3) is 0.625. The second-order valence-corrected chi connectivity index (χ2v) is 3.22. The Labute approximate surface area is 99.0 Å². The fourth-order valence-electron chi connectivity index (χ4n) is 0.583. The van der Waals surface area contributed by atoms with E-state index in [1.54, 1.807) is 0 Å². The molecule has 0 fully saturated rings. The first-order valence-corrected chi connectivity index (χ1v) is 4.40. The fourth-order valence-corrected chi connectivity index (χ4v) is 0.583. The first kappa shape index (κ1) is 18.5. The molecule has 0 aromatic heterocycles. The number of hydrogen-bond donors (Lipinski definition) is 4. The first-order valence-electron chi connectivity index (χ1n) is 4.40. The molecule has 0 bridgehead atoms. The van der Waals surface area contributed by atoms with Gasteiger partial charge in [0.2, 0.25) is 0 Å². The molecule has 7 nitrogen and oxygen atoms in total. The number of hydrogen-bond acceptors (Lipinski definition) is 4. The average Bonchev–Trinajstić information content (AvgIpc) is 2.16. The molecule has 106 valence electrons. The van der Waals surface area contributed by atoms with Gasteiger partial charge in [-0.05, 0) is 6.42 Å². The van der Waals surface area contributed by atoms with Crippen LogP contribution in [0.1, 0.15) is 13.3 Å². The average molecular weight is 275 g/mol. The third-order valence-corrected chi connectivity index (χ3v) is 1.59. The Morgan fingerprint density at radius 3 is 1.61 bits per heavy atom. The first-order chi connectivity index (χ1) is 7.89. The third kappa shape index (κ3) is 9.39. The zero-order chi connectivity index (χ0) is 15.1. The van der Waals surface area contributed by atoms with Crippen LogP contribution in [0.5, 0.6) is 0 Å². The van der Waals surface area contributed by atoms with E-state index in [4.69, 9.17) is 25.8 Å². The molecule has 10 heteroatoms. The quantitative estimate of drug-likeness (QED) is 0.572. The van der Waals surface area contributed by atoms with Gasteiger partial charge in [-0.25, -0.2) is 4.79 Å². The summed E-state index contributed by atoms with van der Waals surface area (Å²) in [5.41, 5.74) is 5.09. The van der Waals surface area contributed by atoms with Crippen molar-refractivity contribution < 1.29 is 42.9 Å². The van der Waals surface area contributed by atoms with E-state index in [1.807, 2.05) is 0 Å². The van der Waals surface area contributed by atoms with E-state index in [1.165, 1.54) is 6.92 Å². The Morgan fingerprint density at radius 2 is 1.44 bits per heavy atom. The van der Waals surface area contributed by atoms with Crippen LogP contribution in [-0.2, 0) is 14.4 Å². The van der Waals surface area contributed by atoms with Gasteiger partial charge in [-0.3, -0.25) is 9.59 Å². The molecule has 0 aliphatic carbocycles. The van der Waals surface area contributed by atoms with E-state index in [9.17, 15) is 22.8 Å². The number of carboxylic acid groups (broad SMARTS) is 3. The summed E-state index contributed by atoms with van der Waals surface area (Å²) in [7, 11) is 0. The smallest absolute Gasteiger partial charge is 0.481 e. The van der Waals surface area contributed by atoms with Crippen LogP contribution >= 0.6 is 0 Å². The van der Waals surface area contributed by atoms with Crippen molar-refractivity contribution in [2.24, 2.45) is 11.7 Å². The van der Waals surface area contributed by atoms with Crippen molar-refractivity contribution in [2.45, 2.75) is 25.6 Å². The van der Waals surface area contributed by atoms with Crippen molar-refractivity contribution in [1.82, 2.24) is 0 Å². The maximum atomic E-state index is 10.6. The lowest BCUT2D eigenvalue weighted by Crippen LogP contribution is -2.33. The Balaban J connectivity index is 0. The lowest BCUT2D eigenvalue weighted by atomic mass is 10.0. The third-order valence-electron chi connectivity index (χ3n) is 1.59. The molecular formula is C8H12F3NO6. The Morgan fingerprint density at radius 1 is 1.11 bits per heavy atom. The van der Waals surface area contributed by atoms with Crippen LogP contribution in [0.4, 0.5) is 13.2 Å². The van der Waals surface area contributed by atoms with Crippen LogP contribution in [0.15, 0.2) is 0 Å². The summed E-state index contributed by atoms with van der Waals surface area (Å²) < 4.78 is 31.7. The minimum Gasteiger partial charge on any atom is -0.481 e. The molecule has 0 saturated heterocycles. The van der Waals surface area contributed by atoms with Crippen molar-refractivity contribution >= 4 is 17.9 Å². The Kier molecular flexibility index (Phi) is 7.70. The van der Waals surface area contributed by atoms with Crippen molar-refractivity contribution in [3.05, 3.63) is 0 Å². The van der Waals surface area contributed by atoms with E-state index in [0.717, 1.165) is 0 Å². The lowest BCUT2D eigenvalue weighted by Gasteiger charge is -2.08. The predicted octanol–water partition coefficient (Wildman–Crippen LogP) is 0.142. The number of rotatable bonds is 4. The highest BCUT2D eigenvalue weighted by Gasteiger charge is 2.38. The van der Waals surface area contributed by atoms with Gasteiger partial charge in [-0.1, -0.05) is 6.92 Å². The lowest BCUT2D eigenvalue weighted by molar-refractivity contribution is -0.192. The van der Waals surface area contributed by atoms with Crippen LogP contribution in [0, 0.1) is 5.92 Å².